The molecule has 0 aliphatic rings. The maximum atomic E-state index is 12.1. The summed E-state index contributed by atoms with van der Waals surface area (Å²) < 4.78 is 40.4. The maximum absolute atomic E-state index is 12.1. The van der Waals surface area contributed by atoms with Crippen molar-refractivity contribution in [3.8, 4) is 11.1 Å². The number of alkyl halides is 3. The van der Waals surface area contributed by atoms with Crippen LogP contribution in [0.25, 0.3) is 11.1 Å². The van der Waals surface area contributed by atoms with E-state index in [0.717, 1.165) is 24.1 Å². The van der Waals surface area contributed by atoms with Gasteiger partial charge in [0.05, 0.1) is 0 Å². The van der Waals surface area contributed by atoms with Crippen LogP contribution in [-0.4, -0.2) is 6.18 Å². The molecule has 2 nitrogen and oxygen atoms in total. The summed E-state index contributed by atoms with van der Waals surface area (Å²) in [5, 5.41) is 0. The van der Waals surface area contributed by atoms with Gasteiger partial charge < -0.3 is 0 Å². The third-order valence-electron chi connectivity index (χ3n) is 3.76. The number of hydrogen-bond acceptors (Lipinski definition) is 0. The summed E-state index contributed by atoms with van der Waals surface area (Å²) in [6, 6.07) is 8.02. The van der Waals surface area contributed by atoms with Crippen molar-refractivity contribution in [1.82, 2.24) is 0 Å². The lowest BCUT2D eigenvalue weighted by atomic mass is 10.1. The lowest BCUT2D eigenvalue weighted by Crippen LogP contribution is -2.33. The quantitative estimate of drug-likeness (QED) is 0.678. The lowest BCUT2D eigenvalue weighted by Gasteiger charge is -2.04. The summed E-state index contributed by atoms with van der Waals surface area (Å²) in [5.74, 6) is 0. The number of rotatable bonds is 7. The molecule has 5 heteroatoms. The van der Waals surface area contributed by atoms with Crippen molar-refractivity contribution in [2.75, 3.05) is 0 Å². The predicted molar refractivity (Wildman–Crippen MR) is 82.5 cm³/mol. The van der Waals surface area contributed by atoms with Gasteiger partial charge in [0.2, 0.25) is 0 Å². The Morgan fingerprint density at radius 2 is 1.22 bits per heavy atom. The summed E-state index contributed by atoms with van der Waals surface area (Å²) in [7, 11) is 0. The molecule has 0 fully saturated rings. The molecule has 2 aromatic rings. The first-order chi connectivity index (χ1) is 11.0. The number of nitrogens with zero attached hydrogens (tertiary/aromatic N) is 2. The van der Waals surface area contributed by atoms with Gasteiger partial charge in [-0.25, -0.2) is 9.13 Å². The van der Waals surface area contributed by atoms with Gasteiger partial charge in [-0.2, -0.15) is 13.2 Å². The summed E-state index contributed by atoms with van der Waals surface area (Å²) in [5.41, 5.74) is 2.18. The number of pyridine rings is 2. The summed E-state index contributed by atoms with van der Waals surface area (Å²) in [6.07, 6.45) is 5.43. The summed E-state index contributed by atoms with van der Waals surface area (Å²) in [6.45, 7) is 3.57. The van der Waals surface area contributed by atoms with Crippen molar-refractivity contribution in [2.45, 2.75) is 51.9 Å². The van der Waals surface area contributed by atoms with E-state index in [9.17, 15) is 13.2 Å². The van der Waals surface area contributed by atoms with Gasteiger partial charge in [-0.15, -0.1) is 0 Å². The van der Waals surface area contributed by atoms with Crippen LogP contribution in [0.2, 0.25) is 0 Å². The maximum Gasteiger partial charge on any atom is 0.389 e. The Bertz CT molecular complexity index is 589. The molecule has 0 bridgehead atoms. The van der Waals surface area contributed by atoms with E-state index in [1.807, 2.05) is 24.5 Å². The molecule has 0 unspecified atom stereocenters. The van der Waals surface area contributed by atoms with E-state index in [1.165, 1.54) is 6.42 Å². The highest BCUT2D eigenvalue weighted by Gasteiger charge is 2.26. The zero-order valence-corrected chi connectivity index (χ0v) is 13.4. The second-order valence-electron chi connectivity index (χ2n) is 5.72. The second kappa shape index (κ2) is 8.09. The molecule has 0 radical (unpaired) electrons. The molecule has 0 spiro atoms. The number of aromatic nitrogens is 2. The van der Waals surface area contributed by atoms with Crippen LogP contribution >= 0.6 is 0 Å². The van der Waals surface area contributed by atoms with E-state index in [2.05, 4.69) is 36.0 Å². The Balaban J connectivity index is 1.93. The molecule has 0 N–H and O–H groups in total. The molecule has 0 saturated carbocycles. The highest BCUT2D eigenvalue weighted by atomic mass is 19.4. The fourth-order valence-corrected chi connectivity index (χ4v) is 2.40. The molecule has 23 heavy (non-hydrogen) atoms. The third kappa shape index (κ3) is 6.00. The molecule has 0 saturated heterocycles. The van der Waals surface area contributed by atoms with Crippen LogP contribution in [-0.2, 0) is 13.1 Å². The number of hydrogen-bond donors (Lipinski definition) is 0. The number of halogens is 3. The molecule has 0 amide bonds. The molecule has 0 aliphatic heterocycles. The van der Waals surface area contributed by atoms with Gasteiger partial charge in [-0.1, -0.05) is 13.3 Å². The van der Waals surface area contributed by atoms with Gasteiger partial charge in [0, 0.05) is 43.5 Å². The molecule has 0 aliphatic carbocycles. The fourth-order valence-electron chi connectivity index (χ4n) is 2.40. The van der Waals surface area contributed by atoms with Crippen molar-refractivity contribution in [1.29, 1.82) is 0 Å². The SMILES string of the molecule is CCCC[n+]1ccc(-c2cc[n+](CCCC(F)(F)F)cc2)cc1. The minimum absolute atomic E-state index is 0.107. The molecule has 0 aromatic carbocycles. The molecule has 2 aromatic heterocycles. The Kier molecular flexibility index (Phi) is 6.13. The Hall–Kier alpha value is -1.91. The van der Waals surface area contributed by atoms with Crippen LogP contribution in [0.3, 0.4) is 0 Å². The highest BCUT2D eigenvalue weighted by Crippen LogP contribution is 2.21. The van der Waals surface area contributed by atoms with Gasteiger partial charge in [-0.3, -0.25) is 0 Å². The van der Waals surface area contributed by atoms with Gasteiger partial charge >= 0.3 is 6.18 Å². The van der Waals surface area contributed by atoms with Crippen molar-refractivity contribution < 1.29 is 22.3 Å². The van der Waals surface area contributed by atoms with Crippen LogP contribution in [0, 0.1) is 0 Å². The van der Waals surface area contributed by atoms with E-state index in [4.69, 9.17) is 0 Å². The number of aryl methyl sites for hydroxylation is 2. The summed E-state index contributed by atoms with van der Waals surface area (Å²) >= 11 is 0. The first-order valence-corrected chi connectivity index (χ1v) is 8.03. The van der Waals surface area contributed by atoms with Crippen molar-refractivity contribution in [3.63, 3.8) is 0 Å². The summed E-state index contributed by atoms with van der Waals surface area (Å²) in [4.78, 5) is 0. The van der Waals surface area contributed by atoms with E-state index >= 15 is 0 Å². The topological polar surface area (TPSA) is 7.76 Å². The fraction of sp³-hybridized carbons (Fsp3) is 0.444. The van der Waals surface area contributed by atoms with Gasteiger partial charge in [0.1, 0.15) is 13.1 Å². The van der Waals surface area contributed by atoms with Crippen molar-refractivity contribution in [3.05, 3.63) is 49.1 Å². The molecular weight excluding hydrogens is 301 g/mol. The minimum atomic E-state index is -4.07. The van der Waals surface area contributed by atoms with E-state index in [-0.39, 0.29) is 6.42 Å². The van der Waals surface area contributed by atoms with Crippen LogP contribution in [0.15, 0.2) is 49.1 Å². The van der Waals surface area contributed by atoms with Gasteiger partial charge in [0.15, 0.2) is 24.8 Å². The molecule has 124 valence electrons. The van der Waals surface area contributed by atoms with E-state index < -0.39 is 12.6 Å². The van der Waals surface area contributed by atoms with Crippen molar-refractivity contribution in [2.24, 2.45) is 0 Å². The normalized spacial score (nSPS) is 11.7. The molecule has 2 heterocycles. The molecule has 2 rings (SSSR count). The van der Waals surface area contributed by atoms with Crippen LogP contribution in [0.5, 0.6) is 0 Å². The zero-order valence-electron chi connectivity index (χ0n) is 13.4. The Morgan fingerprint density at radius 1 is 0.783 bits per heavy atom. The Morgan fingerprint density at radius 3 is 1.61 bits per heavy atom. The van der Waals surface area contributed by atoms with Gasteiger partial charge in [-0.05, 0) is 11.1 Å². The minimum Gasteiger partial charge on any atom is -0.205 e. The van der Waals surface area contributed by atoms with Crippen LogP contribution in [0.1, 0.15) is 32.6 Å². The molecular formula is C18H23F3N2+2. The number of unbranched alkanes of at least 4 members (excludes halogenated alkanes) is 1. The predicted octanol–water partition coefficient (Wildman–Crippen LogP) is 4.07. The van der Waals surface area contributed by atoms with Crippen LogP contribution in [0.4, 0.5) is 13.2 Å². The van der Waals surface area contributed by atoms with E-state index in [1.54, 1.807) is 4.57 Å². The van der Waals surface area contributed by atoms with Crippen LogP contribution < -0.4 is 9.13 Å². The van der Waals surface area contributed by atoms with Crippen molar-refractivity contribution >= 4 is 0 Å². The average Bonchev–Trinajstić information content (AvgIpc) is 2.53. The Labute approximate surface area is 135 Å². The monoisotopic (exact) mass is 324 g/mol. The largest absolute Gasteiger partial charge is 0.389 e. The van der Waals surface area contributed by atoms with Gasteiger partial charge in [0.25, 0.3) is 0 Å². The zero-order chi connectivity index (χ0) is 16.7. The van der Waals surface area contributed by atoms with E-state index in [0.29, 0.717) is 6.54 Å². The highest BCUT2D eigenvalue weighted by molar-refractivity contribution is 5.60. The smallest absolute Gasteiger partial charge is 0.205 e. The first kappa shape index (κ1) is 17.4. The lowest BCUT2D eigenvalue weighted by molar-refractivity contribution is -0.697. The third-order valence-corrected chi connectivity index (χ3v) is 3.76. The second-order valence-corrected chi connectivity index (χ2v) is 5.72. The molecule has 0 atom stereocenters. The first-order valence-electron chi connectivity index (χ1n) is 8.03. The standard InChI is InChI=1S/C18H23F3N2/c1-2-3-10-22-12-5-16(6-13-22)17-7-14-23(15-8-17)11-4-9-18(19,20)21/h5-8,12-15H,2-4,9-11H2,1H3/q+2. The average molecular weight is 324 g/mol.